The summed E-state index contributed by atoms with van der Waals surface area (Å²) in [5, 5.41) is 2.62. The van der Waals surface area contributed by atoms with E-state index in [0.717, 1.165) is 17.7 Å². The molecule has 0 aliphatic carbocycles. The third-order valence-corrected chi connectivity index (χ3v) is 5.97. The normalized spacial score (nSPS) is 12.6. The van der Waals surface area contributed by atoms with Crippen LogP contribution in [0.2, 0.25) is 0 Å². The summed E-state index contributed by atoms with van der Waals surface area (Å²) in [5.74, 6) is 0.0960. The number of anilines is 2. The van der Waals surface area contributed by atoms with Gasteiger partial charge in [0.15, 0.2) is 6.10 Å². The van der Waals surface area contributed by atoms with Crippen molar-refractivity contribution in [1.82, 2.24) is 0 Å². The van der Waals surface area contributed by atoms with Crippen LogP contribution in [0, 0.1) is 6.92 Å². The molecule has 0 aliphatic heterocycles. The predicted octanol–water partition coefficient (Wildman–Crippen LogP) is 5.22. The molecule has 3 aromatic rings. The van der Waals surface area contributed by atoms with Gasteiger partial charge in [0.1, 0.15) is 5.75 Å². The first kappa shape index (κ1) is 24.1. The van der Waals surface area contributed by atoms with Crippen molar-refractivity contribution in [2.45, 2.75) is 31.0 Å². The average Bonchev–Trinajstić information content (AvgIpc) is 2.75. The summed E-state index contributed by atoms with van der Waals surface area (Å²) in [7, 11) is -4.14. The van der Waals surface area contributed by atoms with Crippen molar-refractivity contribution in [3.8, 4) is 5.75 Å². The Morgan fingerprint density at radius 3 is 2.18 bits per heavy atom. The molecule has 0 radical (unpaired) electrons. The minimum atomic E-state index is -4.60. The molecule has 0 unspecified atom stereocenters. The van der Waals surface area contributed by atoms with Crippen LogP contribution in [0.15, 0.2) is 77.7 Å². The van der Waals surface area contributed by atoms with Crippen LogP contribution < -0.4 is 14.8 Å². The number of amides is 1. The lowest BCUT2D eigenvalue weighted by Crippen LogP contribution is -2.30. The number of nitrogens with one attached hydrogen (secondary N) is 2. The third-order valence-electron chi connectivity index (χ3n) is 4.58. The van der Waals surface area contributed by atoms with Crippen LogP contribution in [0.4, 0.5) is 24.5 Å². The summed E-state index contributed by atoms with van der Waals surface area (Å²) in [6, 6.07) is 16.3. The Bertz CT molecular complexity index is 1230. The summed E-state index contributed by atoms with van der Waals surface area (Å²) in [6.45, 7) is 3.51. The lowest BCUT2D eigenvalue weighted by Gasteiger charge is -2.15. The van der Waals surface area contributed by atoms with Gasteiger partial charge in [-0.3, -0.25) is 9.52 Å². The molecule has 0 aromatic heterocycles. The van der Waals surface area contributed by atoms with Crippen LogP contribution in [0.25, 0.3) is 0 Å². The zero-order chi connectivity index (χ0) is 24.2. The molecular formula is C23H21F3N2O4S. The maximum absolute atomic E-state index is 12.8. The van der Waals surface area contributed by atoms with E-state index in [1.54, 1.807) is 19.1 Å². The Balaban J connectivity index is 1.65. The summed E-state index contributed by atoms with van der Waals surface area (Å²) >= 11 is 0. The van der Waals surface area contributed by atoms with Gasteiger partial charge in [0, 0.05) is 11.4 Å². The van der Waals surface area contributed by atoms with Crippen LogP contribution in [0.1, 0.15) is 18.1 Å². The van der Waals surface area contributed by atoms with Crippen molar-refractivity contribution in [3.63, 3.8) is 0 Å². The van der Waals surface area contributed by atoms with Gasteiger partial charge in [-0.1, -0.05) is 23.8 Å². The van der Waals surface area contributed by atoms with E-state index in [0.29, 0.717) is 17.5 Å². The first-order valence-electron chi connectivity index (χ1n) is 9.78. The van der Waals surface area contributed by atoms with Crippen molar-refractivity contribution in [2.24, 2.45) is 0 Å². The number of rotatable bonds is 7. The minimum absolute atomic E-state index is 0.179. The number of carbonyl (C=O) groups excluding carboxylic acids is 1. The van der Waals surface area contributed by atoms with Crippen LogP contribution in [-0.4, -0.2) is 20.4 Å². The molecule has 0 bridgehead atoms. The van der Waals surface area contributed by atoms with Gasteiger partial charge in [0.2, 0.25) is 0 Å². The smallest absolute Gasteiger partial charge is 0.416 e. The maximum Gasteiger partial charge on any atom is 0.416 e. The van der Waals surface area contributed by atoms with Gasteiger partial charge in [-0.2, -0.15) is 13.2 Å². The fourth-order valence-corrected chi connectivity index (χ4v) is 3.86. The molecule has 1 amide bonds. The highest BCUT2D eigenvalue weighted by molar-refractivity contribution is 7.92. The summed E-state index contributed by atoms with van der Waals surface area (Å²) in [6.07, 6.45) is -5.40. The zero-order valence-corrected chi connectivity index (χ0v) is 18.5. The number of hydrogen-bond donors (Lipinski definition) is 2. The Kier molecular flexibility index (Phi) is 6.97. The van der Waals surface area contributed by atoms with E-state index in [1.807, 2.05) is 19.1 Å². The molecule has 1 atom stereocenters. The van der Waals surface area contributed by atoms with E-state index < -0.39 is 33.8 Å². The number of alkyl halides is 3. The molecule has 0 fully saturated rings. The van der Waals surface area contributed by atoms with Crippen molar-refractivity contribution in [1.29, 1.82) is 0 Å². The van der Waals surface area contributed by atoms with Gasteiger partial charge >= 0.3 is 6.18 Å². The second-order valence-electron chi connectivity index (χ2n) is 7.27. The number of benzene rings is 3. The Morgan fingerprint density at radius 2 is 1.58 bits per heavy atom. The first-order valence-corrected chi connectivity index (χ1v) is 11.3. The molecule has 0 aliphatic rings. The van der Waals surface area contributed by atoms with Crippen molar-refractivity contribution in [2.75, 3.05) is 10.0 Å². The predicted molar refractivity (Wildman–Crippen MR) is 119 cm³/mol. The largest absolute Gasteiger partial charge is 0.481 e. The van der Waals surface area contributed by atoms with Crippen LogP contribution in [0.5, 0.6) is 5.75 Å². The minimum Gasteiger partial charge on any atom is -0.481 e. The van der Waals surface area contributed by atoms with Crippen molar-refractivity contribution < 1.29 is 31.1 Å². The molecular weight excluding hydrogens is 457 g/mol. The SMILES string of the molecule is Cc1ccc(O[C@@H](C)C(=O)Nc2ccc(S(=O)(=O)Nc3cccc(C(F)(F)F)c3)cc2)cc1. The van der Waals surface area contributed by atoms with Gasteiger partial charge in [-0.25, -0.2) is 8.42 Å². The molecule has 2 N–H and O–H groups in total. The van der Waals surface area contributed by atoms with Gasteiger partial charge in [-0.05, 0) is 68.4 Å². The van der Waals surface area contributed by atoms with Gasteiger partial charge < -0.3 is 10.1 Å². The zero-order valence-electron chi connectivity index (χ0n) is 17.7. The number of ether oxygens (including phenoxy) is 1. The molecule has 6 nitrogen and oxygen atoms in total. The monoisotopic (exact) mass is 478 g/mol. The van der Waals surface area contributed by atoms with E-state index in [9.17, 15) is 26.4 Å². The highest BCUT2D eigenvalue weighted by Gasteiger charge is 2.30. The van der Waals surface area contributed by atoms with Crippen LogP contribution in [0.3, 0.4) is 0 Å². The molecule has 33 heavy (non-hydrogen) atoms. The molecule has 0 spiro atoms. The lowest BCUT2D eigenvalue weighted by atomic mass is 10.2. The molecule has 10 heteroatoms. The van der Waals surface area contributed by atoms with E-state index in [-0.39, 0.29) is 10.6 Å². The van der Waals surface area contributed by atoms with Gasteiger partial charge in [0.25, 0.3) is 15.9 Å². The topological polar surface area (TPSA) is 84.5 Å². The number of hydrogen-bond acceptors (Lipinski definition) is 4. The number of carbonyl (C=O) groups is 1. The average molecular weight is 478 g/mol. The van der Waals surface area contributed by atoms with Crippen molar-refractivity contribution >= 4 is 27.3 Å². The number of aryl methyl sites for hydroxylation is 1. The molecule has 174 valence electrons. The molecule has 0 heterocycles. The Labute approximate surface area is 189 Å². The molecule has 0 saturated heterocycles. The van der Waals surface area contributed by atoms with Crippen LogP contribution >= 0.6 is 0 Å². The summed E-state index contributed by atoms with van der Waals surface area (Å²) < 4.78 is 71.3. The molecule has 0 saturated carbocycles. The van der Waals surface area contributed by atoms with E-state index in [1.165, 1.54) is 30.3 Å². The van der Waals surface area contributed by atoms with Crippen molar-refractivity contribution in [3.05, 3.63) is 83.9 Å². The highest BCUT2D eigenvalue weighted by atomic mass is 32.2. The molecule has 3 rings (SSSR count). The third kappa shape index (κ3) is 6.48. The van der Waals surface area contributed by atoms with E-state index >= 15 is 0 Å². The fourth-order valence-electron chi connectivity index (χ4n) is 2.81. The fraction of sp³-hybridized carbons (Fsp3) is 0.174. The highest BCUT2D eigenvalue weighted by Crippen LogP contribution is 2.31. The summed E-state index contributed by atoms with van der Waals surface area (Å²) in [4.78, 5) is 12.2. The van der Waals surface area contributed by atoms with Gasteiger partial charge in [-0.15, -0.1) is 0 Å². The second kappa shape index (κ2) is 9.53. The van der Waals surface area contributed by atoms with E-state index in [4.69, 9.17) is 4.74 Å². The quantitative estimate of drug-likeness (QED) is 0.488. The van der Waals surface area contributed by atoms with Crippen LogP contribution in [-0.2, 0) is 21.0 Å². The van der Waals surface area contributed by atoms with E-state index in [2.05, 4.69) is 10.0 Å². The summed E-state index contributed by atoms with van der Waals surface area (Å²) in [5.41, 5.74) is 0.196. The first-order chi connectivity index (χ1) is 15.4. The van der Waals surface area contributed by atoms with Gasteiger partial charge in [0.05, 0.1) is 10.5 Å². The maximum atomic E-state index is 12.8. The molecule has 3 aromatic carbocycles. The lowest BCUT2D eigenvalue weighted by molar-refractivity contribution is -0.137. The number of halogens is 3. The Morgan fingerprint density at radius 1 is 0.939 bits per heavy atom. The Hall–Kier alpha value is -3.53. The standard InChI is InChI=1S/C23H21F3N2O4S/c1-15-6-10-20(11-7-15)32-16(2)22(29)27-18-8-12-21(13-9-18)33(30,31)28-19-5-3-4-17(14-19)23(24,25)26/h3-14,16,28H,1-2H3,(H,27,29)/t16-/m0/s1. The number of sulfonamides is 1. The second-order valence-corrected chi connectivity index (χ2v) is 8.95.